The van der Waals surface area contributed by atoms with Crippen LogP contribution in [0.2, 0.25) is 0 Å². The topological polar surface area (TPSA) is 114 Å². The second kappa shape index (κ2) is 8.42. The maximum Gasteiger partial charge on any atom is 0.288 e. The van der Waals surface area contributed by atoms with Crippen molar-refractivity contribution in [3.63, 3.8) is 0 Å². The Morgan fingerprint density at radius 3 is 2.23 bits per heavy atom. The van der Waals surface area contributed by atoms with E-state index in [-0.39, 0.29) is 10.8 Å². The van der Waals surface area contributed by atoms with Gasteiger partial charge in [-0.15, -0.1) is 11.3 Å². The summed E-state index contributed by atoms with van der Waals surface area (Å²) in [6.45, 7) is 7.55. The van der Waals surface area contributed by atoms with Gasteiger partial charge >= 0.3 is 0 Å². The Bertz CT molecular complexity index is 1320. The fourth-order valence-corrected chi connectivity index (χ4v) is 5.72. The van der Waals surface area contributed by atoms with Gasteiger partial charge in [-0.1, -0.05) is 11.3 Å². The second-order valence-corrected chi connectivity index (χ2v) is 10.8. The highest BCUT2D eigenvalue weighted by atomic mass is 32.2. The Balaban J connectivity index is 1.49. The smallest absolute Gasteiger partial charge is 0.256 e. The van der Waals surface area contributed by atoms with Crippen molar-refractivity contribution in [2.75, 3.05) is 4.72 Å². The van der Waals surface area contributed by atoms with Gasteiger partial charge in [-0.25, -0.2) is 28.1 Å². The number of thiazole rings is 2. The Hall–Kier alpha value is -2.73. The molecule has 4 aromatic rings. The SMILES string of the molecule is Cc1cc(C)nc(NS(=O)(=O)c2ccc([NH2+]c3nc(-c4sc(C)nc4C)cs3)cc2)n1. The number of anilines is 1. The summed E-state index contributed by atoms with van der Waals surface area (Å²) in [6.07, 6.45) is 0. The molecule has 3 heterocycles. The number of aryl methyl sites for hydroxylation is 4. The quantitative estimate of drug-likeness (QED) is 0.414. The Labute approximate surface area is 188 Å². The predicted octanol–water partition coefficient (Wildman–Crippen LogP) is 3.62. The number of nitrogens with one attached hydrogen (secondary N) is 1. The molecule has 11 heteroatoms. The van der Waals surface area contributed by atoms with Crippen LogP contribution in [0.1, 0.15) is 22.1 Å². The fourth-order valence-electron chi connectivity index (χ4n) is 3.06. The van der Waals surface area contributed by atoms with Crippen LogP contribution in [0.5, 0.6) is 0 Å². The van der Waals surface area contributed by atoms with Crippen molar-refractivity contribution in [1.29, 1.82) is 0 Å². The first-order chi connectivity index (χ1) is 14.7. The molecule has 0 aliphatic rings. The summed E-state index contributed by atoms with van der Waals surface area (Å²) >= 11 is 3.17. The van der Waals surface area contributed by atoms with Crippen molar-refractivity contribution >= 4 is 49.5 Å². The molecule has 0 aliphatic carbocycles. The van der Waals surface area contributed by atoms with E-state index in [2.05, 4.69) is 24.7 Å². The molecule has 4 rings (SSSR count). The third-order valence-electron chi connectivity index (χ3n) is 4.35. The number of aromatic nitrogens is 4. The molecule has 0 amide bonds. The number of quaternary nitrogens is 1. The van der Waals surface area contributed by atoms with Crippen LogP contribution in [0.4, 0.5) is 16.8 Å². The van der Waals surface area contributed by atoms with E-state index in [0.717, 1.165) is 32.1 Å². The van der Waals surface area contributed by atoms with Gasteiger partial charge in [-0.3, -0.25) is 5.32 Å². The first kappa shape index (κ1) is 21.5. The monoisotopic (exact) mass is 473 g/mol. The van der Waals surface area contributed by atoms with Crippen LogP contribution in [0.3, 0.4) is 0 Å². The highest BCUT2D eigenvalue weighted by Crippen LogP contribution is 2.31. The van der Waals surface area contributed by atoms with Crippen LogP contribution in [-0.4, -0.2) is 28.4 Å². The second-order valence-electron chi connectivity index (χ2n) is 7.01. The highest BCUT2D eigenvalue weighted by molar-refractivity contribution is 7.92. The molecule has 31 heavy (non-hydrogen) atoms. The molecule has 8 nitrogen and oxygen atoms in total. The molecule has 0 unspecified atom stereocenters. The first-order valence-corrected chi connectivity index (χ1v) is 12.6. The number of hydrogen-bond donors (Lipinski definition) is 2. The minimum absolute atomic E-state index is 0.0667. The zero-order valence-corrected chi connectivity index (χ0v) is 19.8. The van der Waals surface area contributed by atoms with Crippen molar-refractivity contribution in [1.82, 2.24) is 19.9 Å². The van der Waals surface area contributed by atoms with Crippen LogP contribution in [0.25, 0.3) is 10.6 Å². The largest absolute Gasteiger partial charge is 0.288 e. The van der Waals surface area contributed by atoms with E-state index in [4.69, 9.17) is 0 Å². The predicted molar refractivity (Wildman–Crippen MR) is 123 cm³/mol. The molecule has 0 saturated carbocycles. The molecule has 0 saturated heterocycles. The maximum atomic E-state index is 12.7. The van der Waals surface area contributed by atoms with E-state index in [1.165, 1.54) is 11.3 Å². The Morgan fingerprint density at radius 2 is 1.61 bits per heavy atom. The van der Waals surface area contributed by atoms with Crippen LogP contribution < -0.4 is 10.0 Å². The van der Waals surface area contributed by atoms with E-state index in [1.54, 1.807) is 55.5 Å². The van der Waals surface area contributed by atoms with Gasteiger partial charge in [0.2, 0.25) is 5.95 Å². The molecule has 0 bridgehead atoms. The highest BCUT2D eigenvalue weighted by Gasteiger charge is 2.18. The molecule has 0 atom stereocenters. The molecule has 0 spiro atoms. The number of sulfonamides is 1. The van der Waals surface area contributed by atoms with E-state index < -0.39 is 10.0 Å². The van der Waals surface area contributed by atoms with Gasteiger partial charge in [0.05, 0.1) is 26.2 Å². The number of nitrogens with two attached hydrogens (primary N) is 1. The molecule has 3 N–H and O–H groups in total. The van der Waals surface area contributed by atoms with Crippen molar-refractivity contribution in [3.8, 4) is 10.6 Å². The molecule has 3 aromatic heterocycles. The van der Waals surface area contributed by atoms with Crippen molar-refractivity contribution in [2.45, 2.75) is 32.6 Å². The molecular weight excluding hydrogens is 452 g/mol. The van der Waals surface area contributed by atoms with Crippen molar-refractivity contribution in [3.05, 3.63) is 57.8 Å². The Kier molecular flexibility index (Phi) is 5.84. The van der Waals surface area contributed by atoms with Gasteiger partial charge < -0.3 is 0 Å². The molecule has 0 fully saturated rings. The van der Waals surface area contributed by atoms with E-state index in [9.17, 15) is 8.42 Å². The van der Waals surface area contributed by atoms with Crippen LogP contribution in [0, 0.1) is 27.7 Å². The van der Waals surface area contributed by atoms with E-state index in [0.29, 0.717) is 11.4 Å². The number of hydrogen-bond acceptors (Lipinski definition) is 8. The minimum atomic E-state index is -3.78. The van der Waals surface area contributed by atoms with E-state index in [1.807, 2.05) is 24.5 Å². The lowest BCUT2D eigenvalue weighted by Gasteiger charge is -2.08. The zero-order chi connectivity index (χ0) is 22.2. The van der Waals surface area contributed by atoms with Crippen LogP contribution in [0.15, 0.2) is 40.6 Å². The summed E-state index contributed by atoms with van der Waals surface area (Å²) in [7, 11) is -3.78. The van der Waals surface area contributed by atoms with Gasteiger partial charge in [-0.05, 0) is 45.9 Å². The lowest BCUT2D eigenvalue weighted by molar-refractivity contribution is -0.478. The Morgan fingerprint density at radius 1 is 0.935 bits per heavy atom. The van der Waals surface area contributed by atoms with Gasteiger partial charge in [-0.2, -0.15) is 4.98 Å². The number of rotatable bonds is 6. The standard InChI is InChI=1S/C20H20N6O2S3/c1-11-9-12(2)22-19(21-11)26-31(27,28)16-7-5-15(6-8-16)24-20-25-17(10-29-20)18-13(3)23-14(4)30-18/h5-10H,1-4H3,(H,24,25)(H,21,22,26)/p+1. The minimum Gasteiger partial charge on any atom is -0.256 e. The summed E-state index contributed by atoms with van der Waals surface area (Å²) in [5.74, 6) is 0.0667. The summed E-state index contributed by atoms with van der Waals surface area (Å²) in [6, 6.07) is 8.40. The fraction of sp³-hybridized carbons (Fsp3) is 0.200. The summed E-state index contributed by atoms with van der Waals surface area (Å²) in [5.41, 5.74) is 4.15. The molecular formula is C20H21N6O2S3+. The van der Waals surface area contributed by atoms with Crippen LogP contribution >= 0.6 is 22.7 Å². The molecule has 160 valence electrons. The van der Waals surface area contributed by atoms with E-state index >= 15 is 0 Å². The van der Waals surface area contributed by atoms with Gasteiger partial charge in [0, 0.05) is 28.9 Å². The maximum absolute atomic E-state index is 12.7. The summed E-state index contributed by atoms with van der Waals surface area (Å²) in [4.78, 5) is 18.6. The third kappa shape index (κ3) is 4.96. The van der Waals surface area contributed by atoms with Gasteiger partial charge in [0.25, 0.3) is 15.2 Å². The molecule has 0 aliphatic heterocycles. The lowest BCUT2D eigenvalue weighted by atomic mass is 10.3. The van der Waals surface area contributed by atoms with Crippen LogP contribution in [-0.2, 0) is 10.0 Å². The van der Waals surface area contributed by atoms with Crippen molar-refractivity contribution in [2.24, 2.45) is 0 Å². The number of benzene rings is 1. The van der Waals surface area contributed by atoms with Gasteiger partial charge in [0.15, 0.2) is 0 Å². The lowest BCUT2D eigenvalue weighted by Crippen LogP contribution is -2.70. The molecule has 0 radical (unpaired) electrons. The average molecular weight is 474 g/mol. The van der Waals surface area contributed by atoms with Gasteiger partial charge in [0.1, 0.15) is 5.69 Å². The average Bonchev–Trinajstić information content (AvgIpc) is 3.26. The first-order valence-electron chi connectivity index (χ1n) is 9.39. The van der Waals surface area contributed by atoms with Crippen molar-refractivity contribution < 1.29 is 13.7 Å². The summed E-state index contributed by atoms with van der Waals surface area (Å²) < 4.78 is 27.8. The molecule has 1 aromatic carbocycles. The summed E-state index contributed by atoms with van der Waals surface area (Å²) in [5, 5.41) is 5.80. The third-order valence-corrected chi connectivity index (χ3v) is 7.58. The zero-order valence-electron chi connectivity index (χ0n) is 17.4. The normalized spacial score (nSPS) is 11.6. The number of nitrogens with zero attached hydrogens (tertiary/aromatic N) is 4.